The van der Waals surface area contributed by atoms with Crippen molar-refractivity contribution in [2.24, 2.45) is 4.99 Å². The predicted molar refractivity (Wildman–Crippen MR) is 102 cm³/mol. The van der Waals surface area contributed by atoms with E-state index in [1.165, 1.54) is 5.56 Å². The van der Waals surface area contributed by atoms with E-state index in [1.807, 2.05) is 49.5 Å². The Morgan fingerprint density at radius 2 is 1.91 bits per heavy atom. The Labute approximate surface area is 149 Å². The zero-order valence-corrected chi connectivity index (χ0v) is 15.4. The monoisotopic (exact) mass is 411 g/mol. The van der Waals surface area contributed by atoms with E-state index in [2.05, 4.69) is 28.6 Å². The van der Waals surface area contributed by atoms with Crippen LogP contribution in [0.4, 0.5) is 0 Å². The zero-order chi connectivity index (χ0) is 15.1. The summed E-state index contributed by atoms with van der Waals surface area (Å²) >= 11 is 0. The molecule has 0 aliphatic rings. The number of halogens is 1. The summed E-state index contributed by atoms with van der Waals surface area (Å²) in [5.74, 6) is 2.45. The maximum atomic E-state index is 5.99. The lowest BCUT2D eigenvalue weighted by molar-refractivity contribution is 0.475. The van der Waals surface area contributed by atoms with Gasteiger partial charge >= 0.3 is 0 Å². The van der Waals surface area contributed by atoms with E-state index < -0.39 is 0 Å². The molecule has 0 amide bonds. The minimum Gasteiger partial charge on any atom is -0.457 e. The number of aliphatic imine (C=N–C) groups is 1. The number of benzene rings is 2. The second-order valence-corrected chi connectivity index (χ2v) is 4.70. The third-order valence-electron chi connectivity index (χ3n) is 3.10. The summed E-state index contributed by atoms with van der Waals surface area (Å²) in [6.45, 7) is 2.70. The molecule has 4 nitrogen and oxygen atoms in total. The average Bonchev–Trinajstić information content (AvgIpc) is 2.50. The van der Waals surface area contributed by atoms with Crippen LogP contribution in [0.15, 0.2) is 53.5 Å². The number of rotatable bonds is 4. The molecule has 0 aliphatic heterocycles. The zero-order valence-electron chi connectivity index (χ0n) is 13.1. The molecule has 2 aromatic carbocycles. The summed E-state index contributed by atoms with van der Waals surface area (Å²) in [6, 6.07) is 16.0. The van der Waals surface area contributed by atoms with Gasteiger partial charge in [0.2, 0.25) is 0 Å². The van der Waals surface area contributed by atoms with Gasteiger partial charge < -0.3 is 15.4 Å². The maximum Gasteiger partial charge on any atom is 0.190 e. The van der Waals surface area contributed by atoms with Crippen molar-refractivity contribution in [3.63, 3.8) is 0 Å². The second-order valence-electron chi connectivity index (χ2n) is 4.70. The molecule has 2 rings (SSSR count). The van der Waals surface area contributed by atoms with Gasteiger partial charge in [-0.05, 0) is 30.7 Å². The van der Waals surface area contributed by atoms with Crippen LogP contribution in [0.25, 0.3) is 0 Å². The molecule has 0 bridgehead atoms. The quantitative estimate of drug-likeness (QED) is 0.458. The lowest BCUT2D eigenvalue weighted by Crippen LogP contribution is -2.34. The van der Waals surface area contributed by atoms with Crippen LogP contribution in [0.5, 0.6) is 11.5 Å². The van der Waals surface area contributed by atoms with Crippen molar-refractivity contribution in [2.75, 3.05) is 14.1 Å². The topological polar surface area (TPSA) is 45.7 Å². The average molecular weight is 411 g/mol. The van der Waals surface area contributed by atoms with Crippen molar-refractivity contribution >= 4 is 29.9 Å². The minimum absolute atomic E-state index is 0. The molecule has 0 aliphatic carbocycles. The summed E-state index contributed by atoms with van der Waals surface area (Å²) in [6.07, 6.45) is 0. The summed E-state index contributed by atoms with van der Waals surface area (Å²) in [4.78, 5) is 4.10. The minimum atomic E-state index is 0. The number of guanidine groups is 1. The first kappa shape index (κ1) is 18.3. The molecule has 0 saturated carbocycles. The normalized spacial score (nSPS) is 10.6. The number of hydrogen-bond acceptors (Lipinski definition) is 2. The van der Waals surface area contributed by atoms with Crippen LogP contribution in [-0.4, -0.2) is 20.1 Å². The lowest BCUT2D eigenvalue weighted by Gasteiger charge is -2.13. The molecule has 0 saturated heterocycles. The Hall–Kier alpha value is -1.76. The highest BCUT2D eigenvalue weighted by molar-refractivity contribution is 14.0. The van der Waals surface area contributed by atoms with Gasteiger partial charge in [0.25, 0.3) is 0 Å². The van der Waals surface area contributed by atoms with E-state index in [0.717, 1.165) is 23.0 Å². The molecule has 22 heavy (non-hydrogen) atoms. The van der Waals surface area contributed by atoms with Gasteiger partial charge in [0.1, 0.15) is 11.5 Å². The molecule has 0 unspecified atom stereocenters. The second kappa shape index (κ2) is 9.30. The highest BCUT2D eigenvalue weighted by Gasteiger charge is 2.05. The molecule has 0 atom stereocenters. The Kier molecular flexibility index (Phi) is 7.73. The first-order valence-electron chi connectivity index (χ1n) is 6.93. The van der Waals surface area contributed by atoms with Gasteiger partial charge in [-0.3, -0.25) is 4.99 Å². The van der Waals surface area contributed by atoms with Gasteiger partial charge in [-0.15, -0.1) is 24.0 Å². The number of nitrogens with one attached hydrogen (secondary N) is 2. The fourth-order valence-corrected chi connectivity index (χ4v) is 2.01. The molecule has 118 valence electrons. The first-order chi connectivity index (χ1) is 10.2. The molecule has 2 N–H and O–H groups in total. The van der Waals surface area contributed by atoms with E-state index in [9.17, 15) is 0 Å². The standard InChI is InChI=1S/C17H21N3O.HI/c1-13-7-6-9-15(11-13)21-16-10-5-4-8-14(16)12-20-17(18-2)19-3;/h4-11H,12H2,1-3H3,(H2,18,19,20);1H. The summed E-state index contributed by atoms with van der Waals surface area (Å²) < 4.78 is 5.99. The summed E-state index contributed by atoms with van der Waals surface area (Å²) in [5, 5.41) is 6.23. The molecule has 0 fully saturated rings. The number of hydrogen-bond donors (Lipinski definition) is 2. The van der Waals surface area contributed by atoms with Crippen LogP contribution in [0.2, 0.25) is 0 Å². The van der Waals surface area contributed by atoms with E-state index in [0.29, 0.717) is 6.54 Å². The largest absolute Gasteiger partial charge is 0.457 e. The van der Waals surface area contributed by atoms with E-state index >= 15 is 0 Å². The maximum absolute atomic E-state index is 5.99. The Morgan fingerprint density at radius 3 is 2.59 bits per heavy atom. The van der Waals surface area contributed by atoms with E-state index in [1.54, 1.807) is 7.05 Å². The van der Waals surface area contributed by atoms with Gasteiger partial charge in [0.05, 0.1) is 0 Å². The van der Waals surface area contributed by atoms with Gasteiger partial charge in [-0.1, -0.05) is 30.3 Å². The van der Waals surface area contributed by atoms with Crippen LogP contribution in [0.3, 0.4) is 0 Å². The van der Waals surface area contributed by atoms with Crippen molar-refractivity contribution in [3.05, 3.63) is 59.7 Å². The third kappa shape index (κ3) is 5.22. The molecule has 0 radical (unpaired) electrons. The Balaban J connectivity index is 0.00000242. The van der Waals surface area contributed by atoms with E-state index in [-0.39, 0.29) is 24.0 Å². The molecule has 0 heterocycles. The fourth-order valence-electron chi connectivity index (χ4n) is 2.01. The molecule has 0 aromatic heterocycles. The Bertz CT molecular complexity index is 629. The lowest BCUT2D eigenvalue weighted by atomic mass is 10.2. The van der Waals surface area contributed by atoms with Crippen molar-refractivity contribution < 1.29 is 4.74 Å². The number of aryl methyl sites for hydroxylation is 1. The van der Waals surface area contributed by atoms with Gasteiger partial charge in [-0.2, -0.15) is 0 Å². The third-order valence-corrected chi connectivity index (χ3v) is 3.10. The molecular formula is C17H22IN3O. The van der Waals surface area contributed by atoms with E-state index in [4.69, 9.17) is 4.74 Å². The smallest absolute Gasteiger partial charge is 0.190 e. The molecule has 2 aromatic rings. The number of para-hydroxylation sites is 1. The summed E-state index contributed by atoms with van der Waals surface area (Å²) in [7, 11) is 3.58. The van der Waals surface area contributed by atoms with Crippen LogP contribution in [0.1, 0.15) is 11.1 Å². The molecule has 5 heteroatoms. The van der Waals surface area contributed by atoms with Gasteiger partial charge in [0, 0.05) is 26.2 Å². The van der Waals surface area contributed by atoms with Crippen molar-refractivity contribution in [2.45, 2.75) is 13.5 Å². The highest BCUT2D eigenvalue weighted by atomic mass is 127. The highest BCUT2D eigenvalue weighted by Crippen LogP contribution is 2.25. The van der Waals surface area contributed by atoms with Crippen molar-refractivity contribution in [3.8, 4) is 11.5 Å². The number of ether oxygens (including phenoxy) is 1. The molecular weight excluding hydrogens is 389 g/mol. The van der Waals surface area contributed by atoms with Gasteiger partial charge in [0.15, 0.2) is 5.96 Å². The SMILES string of the molecule is CN=C(NC)NCc1ccccc1Oc1cccc(C)c1.I. The molecule has 0 spiro atoms. The fraction of sp³-hybridized carbons (Fsp3) is 0.235. The van der Waals surface area contributed by atoms with Crippen molar-refractivity contribution in [1.82, 2.24) is 10.6 Å². The Morgan fingerprint density at radius 1 is 1.14 bits per heavy atom. The summed E-state index contributed by atoms with van der Waals surface area (Å²) in [5.41, 5.74) is 2.26. The van der Waals surface area contributed by atoms with Crippen LogP contribution < -0.4 is 15.4 Å². The van der Waals surface area contributed by atoms with Crippen molar-refractivity contribution in [1.29, 1.82) is 0 Å². The first-order valence-corrected chi connectivity index (χ1v) is 6.93. The van der Waals surface area contributed by atoms with Crippen LogP contribution in [0, 0.1) is 6.92 Å². The van der Waals surface area contributed by atoms with Crippen LogP contribution in [-0.2, 0) is 6.54 Å². The predicted octanol–water partition coefficient (Wildman–Crippen LogP) is 3.70. The van der Waals surface area contributed by atoms with Gasteiger partial charge in [-0.25, -0.2) is 0 Å². The number of nitrogens with zero attached hydrogens (tertiary/aromatic N) is 1. The van der Waals surface area contributed by atoms with Crippen LogP contribution >= 0.6 is 24.0 Å².